The zero-order valence-corrected chi connectivity index (χ0v) is 11.0. The van der Waals surface area contributed by atoms with Crippen LogP contribution < -0.4 is 9.88 Å². The lowest BCUT2D eigenvalue weighted by Crippen LogP contribution is -2.16. The van der Waals surface area contributed by atoms with E-state index >= 15 is 0 Å². The van der Waals surface area contributed by atoms with Crippen molar-refractivity contribution in [2.24, 2.45) is 5.14 Å². The van der Waals surface area contributed by atoms with Crippen LogP contribution in [0, 0.1) is 13.8 Å². The van der Waals surface area contributed by atoms with Crippen LogP contribution in [0.2, 0.25) is 0 Å². The van der Waals surface area contributed by atoms with Crippen molar-refractivity contribution in [3.63, 3.8) is 0 Å². The first-order valence-corrected chi connectivity index (χ1v) is 6.73. The van der Waals surface area contributed by atoms with Crippen LogP contribution in [-0.2, 0) is 10.0 Å². The Labute approximate surface area is 102 Å². The van der Waals surface area contributed by atoms with Crippen molar-refractivity contribution in [3.8, 4) is 5.75 Å². The highest BCUT2D eigenvalue weighted by molar-refractivity contribution is 7.89. The Balaban J connectivity index is 3.23. The van der Waals surface area contributed by atoms with E-state index in [0.717, 1.165) is 0 Å². The lowest BCUT2D eigenvalue weighted by Gasteiger charge is -2.14. The quantitative estimate of drug-likeness (QED) is 0.835. The summed E-state index contributed by atoms with van der Waals surface area (Å²) in [6.45, 7) is 8.86. The van der Waals surface area contributed by atoms with Gasteiger partial charge in [0, 0.05) is 0 Å². The summed E-state index contributed by atoms with van der Waals surface area (Å²) in [6.07, 6.45) is 1.53. The molecule has 0 aliphatic carbocycles. The first kappa shape index (κ1) is 13.7. The molecule has 5 heteroatoms. The summed E-state index contributed by atoms with van der Waals surface area (Å²) in [5.41, 5.74) is 1.16. The zero-order chi connectivity index (χ0) is 13.2. The topological polar surface area (TPSA) is 69.4 Å². The summed E-state index contributed by atoms with van der Waals surface area (Å²) in [4.78, 5) is 0.163. The van der Waals surface area contributed by atoms with E-state index in [1.807, 2.05) is 6.92 Å². The smallest absolute Gasteiger partial charge is 0.238 e. The molecule has 0 aliphatic rings. The molecule has 94 valence electrons. The van der Waals surface area contributed by atoms with Crippen LogP contribution in [0.3, 0.4) is 0 Å². The summed E-state index contributed by atoms with van der Waals surface area (Å²) >= 11 is 0. The van der Waals surface area contributed by atoms with Crippen molar-refractivity contribution in [1.82, 2.24) is 0 Å². The predicted molar refractivity (Wildman–Crippen MR) is 67.6 cm³/mol. The minimum atomic E-state index is -3.69. The Morgan fingerprint density at radius 2 is 1.82 bits per heavy atom. The molecule has 0 aliphatic heterocycles. The van der Waals surface area contributed by atoms with Crippen LogP contribution in [0.5, 0.6) is 5.75 Å². The van der Waals surface area contributed by atoms with E-state index in [1.165, 1.54) is 0 Å². The van der Waals surface area contributed by atoms with Crippen LogP contribution in [0.25, 0.3) is 0 Å². The van der Waals surface area contributed by atoms with Crippen molar-refractivity contribution < 1.29 is 13.2 Å². The number of aryl methyl sites for hydroxylation is 2. The monoisotopic (exact) mass is 255 g/mol. The molecule has 0 bridgehead atoms. The van der Waals surface area contributed by atoms with Gasteiger partial charge in [-0.05, 0) is 44.0 Å². The Bertz CT molecular complexity index is 512. The molecule has 0 radical (unpaired) electrons. The first-order valence-electron chi connectivity index (χ1n) is 5.19. The molecule has 2 N–H and O–H groups in total. The lowest BCUT2D eigenvalue weighted by atomic mass is 10.1. The maximum Gasteiger partial charge on any atom is 0.238 e. The number of primary sulfonamides is 1. The standard InChI is InChI=1S/C12H17NO3S/c1-5-10(4)16-11-6-8(2)12(9(3)7-11)17(13,14)15/h5-7,10H,1H2,2-4H3,(H2,13,14,15). The number of hydrogen-bond acceptors (Lipinski definition) is 3. The second-order valence-electron chi connectivity index (χ2n) is 3.99. The van der Waals surface area contributed by atoms with Crippen molar-refractivity contribution in [1.29, 1.82) is 0 Å². The maximum absolute atomic E-state index is 11.4. The molecule has 0 aromatic heterocycles. The van der Waals surface area contributed by atoms with Gasteiger partial charge in [0.2, 0.25) is 10.0 Å². The lowest BCUT2D eigenvalue weighted by molar-refractivity contribution is 0.269. The van der Waals surface area contributed by atoms with Gasteiger partial charge in [-0.15, -0.1) is 0 Å². The molecule has 1 aromatic carbocycles. The zero-order valence-electron chi connectivity index (χ0n) is 10.2. The third kappa shape index (κ3) is 3.31. The van der Waals surface area contributed by atoms with E-state index in [1.54, 1.807) is 32.1 Å². The molecule has 1 aromatic rings. The average Bonchev–Trinajstić information content (AvgIpc) is 2.13. The third-order valence-electron chi connectivity index (χ3n) is 2.37. The van der Waals surface area contributed by atoms with Gasteiger partial charge in [-0.25, -0.2) is 13.6 Å². The van der Waals surface area contributed by atoms with Gasteiger partial charge >= 0.3 is 0 Å². The number of benzene rings is 1. The summed E-state index contributed by atoms with van der Waals surface area (Å²) < 4.78 is 28.3. The first-order chi connectivity index (χ1) is 7.75. The molecular weight excluding hydrogens is 238 g/mol. The Kier molecular flexibility index (Phi) is 3.95. The highest BCUT2D eigenvalue weighted by Crippen LogP contribution is 2.25. The normalized spacial score (nSPS) is 13.2. The average molecular weight is 255 g/mol. The van der Waals surface area contributed by atoms with Gasteiger partial charge < -0.3 is 4.74 Å². The summed E-state index contributed by atoms with van der Waals surface area (Å²) in [6, 6.07) is 3.32. The summed E-state index contributed by atoms with van der Waals surface area (Å²) in [5, 5.41) is 5.15. The number of rotatable bonds is 4. The molecule has 1 rings (SSSR count). The Morgan fingerprint density at radius 1 is 1.35 bits per heavy atom. The Morgan fingerprint density at radius 3 is 2.18 bits per heavy atom. The molecule has 0 fully saturated rings. The minimum Gasteiger partial charge on any atom is -0.487 e. The molecule has 1 unspecified atom stereocenters. The molecule has 4 nitrogen and oxygen atoms in total. The molecular formula is C12H17NO3S. The van der Waals surface area contributed by atoms with E-state index in [-0.39, 0.29) is 11.0 Å². The second kappa shape index (κ2) is 4.89. The molecule has 0 amide bonds. The SMILES string of the molecule is C=CC(C)Oc1cc(C)c(S(N)(=O)=O)c(C)c1. The fraction of sp³-hybridized carbons (Fsp3) is 0.333. The van der Waals surface area contributed by atoms with E-state index in [2.05, 4.69) is 6.58 Å². The summed E-state index contributed by atoms with van der Waals surface area (Å²) in [5.74, 6) is 0.611. The largest absolute Gasteiger partial charge is 0.487 e. The molecule has 0 spiro atoms. The predicted octanol–water partition coefficient (Wildman–Crippen LogP) is 1.90. The van der Waals surface area contributed by atoms with Crippen molar-refractivity contribution in [2.75, 3.05) is 0 Å². The van der Waals surface area contributed by atoms with E-state index in [0.29, 0.717) is 16.9 Å². The van der Waals surface area contributed by atoms with Crippen LogP contribution in [-0.4, -0.2) is 14.5 Å². The van der Waals surface area contributed by atoms with E-state index in [4.69, 9.17) is 9.88 Å². The van der Waals surface area contributed by atoms with Crippen molar-refractivity contribution in [2.45, 2.75) is 31.8 Å². The van der Waals surface area contributed by atoms with Crippen LogP contribution in [0.4, 0.5) is 0 Å². The van der Waals surface area contributed by atoms with Crippen molar-refractivity contribution >= 4 is 10.0 Å². The number of nitrogens with two attached hydrogens (primary N) is 1. The van der Waals surface area contributed by atoms with Crippen LogP contribution in [0.15, 0.2) is 29.7 Å². The second-order valence-corrected chi connectivity index (χ2v) is 5.49. The van der Waals surface area contributed by atoms with E-state index in [9.17, 15) is 8.42 Å². The van der Waals surface area contributed by atoms with Gasteiger partial charge in [-0.3, -0.25) is 0 Å². The third-order valence-corrected chi connectivity index (χ3v) is 3.59. The Hall–Kier alpha value is -1.33. The summed E-state index contributed by atoms with van der Waals surface area (Å²) in [7, 11) is -3.69. The molecule has 0 saturated heterocycles. The fourth-order valence-electron chi connectivity index (χ4n) is 1.69. The minimum absolute atomic E-state index is 0.130. The van der Waals surface area contributed by atoms with Crippen LogP contribution >= 0.6 is 0 Å². The van der Waals surface area contributed by atoms with Gasteiger partial charge in [0.25, 0.3) is 0 Å². The highest BCUT2D eigenvalue weighted by Gasteiger charge is 2.16. The van der Waals surface area contributed by atoms with Gasteiger partial charge in [0.15, 0.2) is 0 Å². The maximum atomic E-state index is 11.4. The van der Waals surface area contributed by atoms with Gasteiger partial charge in [-0.2, -0.15) is 0 Å². The fourth-order valence-corrected chi connectivity index (χ4v) is 2.71. The van der Waals surface area contributed by atoms with E-state index < -0.39 is 10.0 Å². The molecule has 17 heavy (non-hydrogen) atoms. The molecule has 0 heterocycles. The van der Waals surface area contributed by atoms with Crippen molar-refractivity contribution in [3.05, 3.63) is 35.9 Å². The highest BCUT2D eigenvalue weighted by atomic mass is 32.2. The van der Waals surface area contributed by atoms with Gasteiger partial charge in [0.05, 0.1) is 4.90 Å². The number of ether oxygens (including phenoxy) is 1. The number of hydrogen-bond donors (Lipinski definition) is 1. The number of sulfonamides is 1. The van der Waals surface area contributed by atoms with Crippen LogP contribution in [0.1, 0.15) is 18.1 Å². The van der Waals surface area contributed by atoms with Gasteiger partial charge in [0.1, 0.15) is 11.9 Å². The molecule has 1 atom stereocenters. The molecule has 0 saturated carbocycles. The van der Waals surface area contributed by atoms with Gasteiger partial charge in [-0.1, -0.05) is 12.7 Å².